The molecule has 9 heteroatoms. The molecule has 0 aliphatic heterocycles. The summed E-state index contributed by atoms with van der Waals surface area (Å²) >= 11 is 1.07. The average Bonchev–Trinajstić information content (AvgIpc) is 3.33. The van der Waals surface area contributed by atoms with E-state index in [2.05, 4.69) is 29.9 Å². The molecule has 4 rings (SSSR count). The molecule has 26 heavy (non-hydrogen) atoms. The second-order valence-corrected chi connectivity index (χ2v) is 6.04. The topological polar surface area (TPSA) is 96.5 Å². The third-order valence-corrected chi connectivity index (χ3v) is 4.21. The van der Waals surface area contributed by atoms with Crippen LogP contribution >= 0.6 is 11.5 Å². The summed E-state index contributed by atoms with van der Waals surface area (Å²) in [5.41, 5.74) is 2.25. The van der Waals surface area contributed by atoms with E-state index in [0.29, 0.717) is 27.8 Å². The number of anilines is 1. The Labute approximate surface area is 151 Å². The zero-order chi connectivity index (χ0) is 17.9. The lowest BCUT2D eigenvalue weighted by Gasteiger charge is -2.03. The lowest BCUT2D eigenvalue weighted by Crippen LogP contribution is -2.12. The molecule has 4 aromatic rings. The molecule has 0 atom stereocenters. The standard InChI is InChI=1S/C17H11FN6OS/c18-12-5-3-10(4-6-12)14-13(9-20-23-14)16(25)22-17-21-15(24-26-17)11-2-1-7-19-8-11/h1-9H,(H,20,23)(H,21,22,24,25). The molecular weight excluding hydrogens is 355 g/mol. The lowest BCUT2D eigenvalue weighted by molar-refractivity contribution is 0.102. The first-order chi connectivity index (χ1) is 12.7. The Kier molecular flexibility index (Phi) is 4.20. The highest BCUT2D eigenvalue weighted by Crippen LogP contribution is 2.24. The monoisotopic (exact) mass is 366 g/mol. The van der Waals surface area contributed by atoms with Crippen molar-refractivity contribution in [2.75, 3.05) is 5.32 Å². The van der Waals surface area contributed by atoms with Gasteiger partial charge < -0.3 is 0 Å². The largest absolute Gasteiger partial charge is 0.296 e. The lowest BCUT2D eigenvalue weighted by atomic mass is 10.1. The maximum atomic E-state index is 13.1. The van der Waals surface area contributed by atoms with Gasteiger partial charge in [-0.2, -0.15) is 14.5 Å². The summed E-state index contributed by atoms with van der Waals surface area (Å²) in [4.78, 5) is 20.9. The van der Waals surface area contributed by atoms with Crippen LogP contribution in [0.15, 0.2) is 55.0 Å². The molecule has 0 fully saturated rings. The van der Waals surface area contributed by atoms with Crippen LogP contribution in [-0.2, 0) is 0 Å². The zero-order valence-corrected chi connectivity index (χ0v) is 14.0. The highest BCUT2D eigenvalue weighted by Gasteiger charge is 2.17. The Morgan fingerprint density at radius 1 is 1.12 bits per heavy atom. The normalized spacial score (nSPS) is 10.7. The summed E-state index contributed by atoms with van der Waals surface area (Å²) in [6.07, 6.45) is 4.72. The van der Waals surface area contributed by atoms with Crippen molar-refractivity contribution >= 4 is 22.6 Å². The van der Waals surface area contributed by atoms with Gasteiger partial charge in [0.25, 0.3) is 5.91 Å². The molecule has 0 aliphatic carbocycles. The summed E-state index contributed by atoms with van der Waals surface area (Å²) in [6.45, 7) is 0. The van der Waals surface area contributed by atoms with Crippen LogP contribution in [0.4, 0.5) is 9.52 Å². The van der Waals surface area contributed by atoms with Gasteiger partial charge in [0.1, 0.15) is 5.82 Å². The summed E-state index contributed by atoms with van der Waals surface area (Å²) in [7, 11) is 0. The van der Waals surface area contributed by atoms with E-state index >= 15 is 0 Å². The summed E-state index contributed by atoms with van der Waals surface area (Å²) < 4.78 is 17.3. The number of amides is 1. The minimum atomic E-state index is -0.382. The van der Waals surface area contributed by atoms with Crippen molar-refractivity contribution < 1.29 is 9.18 Å². The van der Waals surface area contributed by atoms with E-state index in [4.69, 9.17) is 0 Å². The maximum Gasteiger partial charge on any atom is 0.261 e. The van der Waals surface area contributed by atoms with E-state index in [0.717, 1.165) is 17.1 Å². The SMILES string of the molecule is O=C(Nc1nc(-c2cccnc2)ns1)c1cn[nH]c1-c1ccc(F)cc1. The number of aromatic nitrogens is 5. The fourth-order valence-electron chi connectivity index (χ4n) is 2.35. The predicted octanol–water partition coefficient (Wildman–Crippen LogP) is 3.38. The van der Waals surface area contributed by atoms with E-state index in [1.54, 1.807) is 30.6 Å². The van der Waals surface area contributed by atoms with E-state index in [1.165, 1.54) is 18.3 Å². The van der Waals surface area contributed by atoms with Gasteiger partial charge >= 0.3 is 0 Å². The van der Waals surface area contributed by atoms with Crippen LogP contribution in [0.25, 0.3) is 22.6 Å². The molecule has 0 unspecified atom stereocenters. The van der Waals surface area contributed by atoms with Crippen molar-refractivity contribution in [1.82, 2.24) is 24.5 Å². The Balaban J connectivity index is 1.56. The average molecular weight is 366 g/mol. The van der Waals surface area contributed by atoms with Crippen molar-refractivity contribution in [1.29, 1.82) is 0 Å². The molecule has 0 bridgehead atoms. The van der Waals surface area contributed by atoms with Gasteiger partial charge in [0.05, 0.1) is 17.5 Å². The van der Waals surface area contributed by atoms with Crippen LogP contribution in [-0.4, -0.2) is 30.4 Å². The summed E-state index contributed by atoms with van der Waals surface area (Å²) in [5.74, 6) is -0.243. The Bertz CT molecular complexity index is 1040. The first kappa shape index (κ1) is 16.0. The number of carbonyl (C=O) groups is 1. The summed E-state index contributed by atoms with van der Waals surface area (Å²) in [5, 5.41) is 9.75. The van der Waals surface area contributed by atoms with Gasteiger partial charge in [-0.05, 0) is 36.4 Å². The highest BCUT2D eigenvalue weighted by atomic mass is 32.1. The first-order valence-electron chi connectivity index (χ1n) is 7.55. The molecule has 0 saturated carbocycles. The fourth-order valence-corrected chi connectivity index (χ4v) is 2.93. The van der Waals surface area contributed by atoms with Gasteiger partial charge in [0.15, 0.2) is 5.82 Å². The van der Waals surface area contributed by atoms with Crippen LogP contribution < -0.4 is 5.32 Å². The molecule has 3 aromatic heterocycles. The van der Waals surface area contributed by atoms with Crippen LogP contribution in [0.1, 0.15) is 10.4 Å². The molecule has 1 aromatic carbocycles. The highest BCUT2D eigenvalue weighted by molar-refractivity contribution is 7.10. The second-order valence-electron chi connectivity index (χ2n) is 5.28. The maximum absolute atomic E-state index is 13.1. The number of aromatic amines is 1. The van der Waals surface area contributed by atoms with Gasteiger partial charge in [0, 0.05) is 35.1 Å². The van der Waals surface area contributed by atoms with Crippen LogP contribution in [0.2, 0.25) is 0 Å². The van der Waals surface area contributed by atoms with Gasteiger partial charge in [-0.1, -0.05) is 0 Å². The molecule has 0 spiro atoms. The van der Waals surface area contributed by atoms with Crippen molar-refractivity contribution in [2.24, 2.45) is 0 Å². The van der Waals surface area contributed by atoms with Crippen molar-refractivity contribution in [3.05, 3.63) is 66.4 Å². The number of pyridine rings is 1. The second kappa shape index (κ2) is 6.81. The van der Waals surface area contributed by atoms with Crippen molar-refractivity contribution in [2.45, 2.75) is 0 Å². The molecular formula is C17H11FN6OS. The van der Waals surface area contributed by atoms with Gasteiger partial charge in [-0.25, -0.2) is 4.39 Å². The number of rotatable bonds is 4. The van der Waals surface area contributed by atoms with Gasteiger partial charge in [0.2, 0.25) is 5.13 Å². The molecule has 0 saturated heterocycles. The number of H-pyrrole nitrogens is 1. The number of hydrogen-bond donors (Lipinski definition) is 2. The number of nitrogens with one attached hydrogen (secondary N) is 2. The molecule has 7 nitrogen and oxygen atoms in total. The Morgan fingerprint density at radius 3 is 2.73 bits per heavy atom. The molecule has 3 heterocycles. The van der Waals surface area contributed by atoms with Crippen LogP contribution in [0.5, 0.6) is 0 Å². The minimum Gasteiger partial charge on any atom is -0.296 e. The van der Waals surface area contributed by atoms with Crippen LogP contribution in [0.3, 0.4) is 0 Å². The van der Waals surface area contributed by atoms with Gasteiger partial charge in [-0.3, -0.25) is 20.2 Å². The van der Waals surface area contributed by atoms with E-state index < -0.39 is 0 Å². The molecule has 1 amide bonds. The molecule has 128 valence electrons. The number of hydrogen-bond acceptors (Lipinski definition) is 6. The fraction of sp³-hybridized carbons (Fsp3) is 0. The third-order valence-electron chi connectivity index (χ3n) is 3.58. The third kappa shape index (κ3) is 3.20. The smallest absolute Gasteiger partial charge is 0.261 e. The van der Waals surface area contributed by atoms with Crippen molar-refractivity contribution in [3.8, 4) is 22.6 Å². The predicted molar refractivity (Wildman–Crippen MR) is 95.1 cm³/mol. The summed E-state index contributed by atoms with van der Waals surface area (Å²) in [6, 6.07) is 9.42. The number of benzene rings is 1. The van der Waals surface area contributed by atoms with E-state index in [9.17, 15) is 9.18 Å². The van der Waals surface area contributed by atoms with E-state index in [1.807, 2.05) is 6.07 Å². The van der Waals surface area contributed by atoms with Gasteiger partial charge in [-0.15, -0.1) is 0 Å². The number of nitrogens with zero attached hydrogens (tertiary/aromatic N) is 4. The first-order valence-corrected chi connectivity index (χ1v) is 8.33. The molecule has 2 N–H and O–H groups in total. The minimum absolute atomic E-state index is 0.328. The van der Waals surface area contributed by atoms with Crippen LogP contribution in [0, 0.1) is 5.82 Å². The quantitative estimate of drug-likeness (QED) is 0.577. The zero-order valence-electron chi connectivity index (χ0n) is 13.2. The Hall–Kier alpha value is -3.46. The number of carbonyl (C=O) groups excluding carboxylic acids is 1. The number of halogens is 1. The molecule has 0 aliphatic rings. The van der Waals surface area contributed by atoms with Crippen molar-refractivity contribution in [3.63, 3.8) is 0 Å². The molecule has 0 radical (unpaired) electrons. The Morgan fingerprint density at radius 2 is 1.96 bits per heavy atom. The van der Waals surface area contributed by atoms with E-state index in [-0.39, 0.29) is 11.7 Å².